The van der Waals surface area contributed by atoms with Crippen molar-refractivity contribution < 1.29 is 9.90 Å². The number of hydrogen-bond donors (Lipinski definition) is 1. The number of nitrogens with zero attached hydrogens (tertiary/aromatic N) is 1. The van der Waals surface area contributed by atoms with E-state index in [0.29, 0.717) is 12.0 Å². The Morgan fingerprint density at radius 1 is 1.05 bits per heavy atom. The zero-order valence-electron chi connectivity index (χ0n) is 11.6. The maximum atomic E-state index is 12.4. The maximum absolute atomic E-state index is 12.4. The average Bonchev–Trinajstić information content (AvgIpc) is 2.53. The van der Waals surface area contributed by atoms with Crippen molar-refractivity contribution in [3.63, 3.8) is 0 Å². The first-order valence-electron chi connectivity index (χ1n) is 6.69. The van der Waals surface area contributed by atoms with Gasteiger partial charge in [-0.05, 0) is 24.1 Å². The van der Waals surface area contributed by atoms with Crippen LogP contribution in [0.5, 0.6) is 0 Å². The fourth-order valence-corrected chi connectivity index (χ4v) is 2.16. The molecule has 1 N–H and O–H groups in total. The van der Waals surface area contributed by atoms with Crippen LogP contribution in [0.2, 0.25) is 0 Å². The number of aliphatic hydroxyl groups is 1. The lowest BCUT2D eigenvalue weighted by Gasteiger charge is -2.27. The number of hydrogen-bond acceptors (Lipinski definition) is 2. The van der Waals surface area contributed by atoms with Crippen molar-refractivity contribution >= 4 is 5.91 Å². The van der Waals surface area contributed by atoms with E-state index in [1.807, 2.05) is 48.5 Å². The average molecular weight is 269 g/mol. The third-order valence-electron chi connectivity index (χ3n) is 3.41. The molecule has 1 atom stereocenters. The molecule has 2 rings (SSSR count). The van der Waals surface area contributed by atoms with Gasteiger partial charge in [0.2, 0.25) is 0 Å². The Labute approximate surface area is 119 Å². The number of carbonyl (C=O) groups excluding carboxylic acids is 1. The van der Waals surface area contributed by atoms with Crippen molar-refractivity contribution in [1.29, 1.82) is 0 Å². The first kappa shape index (κ1) is 14.3. The molecular formula is C17H19NO2. The van der Waals surface area contributed by atoms with Crippen molar-refractivity contribution in [2.24, 2.45) is 0 Å². The van der Waals surface area contributed by atoms with E-state index in [0.717, 1.165) is 5.56 Å². The summed E-state index contributed by atoms with van der Waals surface area (Å²) in [6.07, 6.45) is 0.645. The van der Waals surface area contributed by atoms with Crippen molar-refractivity contribution in [2.45, 2.75) is 12.5 Å². The highest BCUT2D eigenvalue weighted by Gasteiger charge is 2.20. The Morgan fingerprint density at radius 3 is 2.15 bits per heavy atom. The molecule has 0 aliphatic rings. The zero-order valence-corrected chi connectivity index (χ0v) is 11.6. The van der Waals surface area contributed by atoms with E-state index in [2.05, 4.69) is 0 Å². The van der Waals surface area contributed by atoms with Gasteiger partial charge in [0, 0.05) is 12.6 Å². The minimum atomic E-state index is -0.217. The van der Waals surface area contributed by atoms with E-state index in [-0.39, 0.29) is 18.6 Å². The number of amides is 1. The molecular weight excluding hydrogens is 250 g/mol. The molecule has 0 aliphatic carbocycles. The van der Waals surface area contributed by atoms with Gasteiger partial charge < -0.3 is 10.0 Å². The van der Waals surface area contributed by atoms with E-state index in [1.54, 1.807) is 24.1 Å². The summed E-state index contributed by atoms with van der Waals surface area (Å²) in [6, 6.07) is 18.8. The molecule has 0 aliphatic heterocycles. The van der Waals surface area contributed by atoms with Gasteiger partial charge in [0.25, 0.3) is 5.91 Å². The number of benzene rings is 2. The third kappa shape index (κ3) is 3.45. The van der Waals surface area contributed by atoms with E-state index < -0.39 is 0 Å². The largest absolute Gasteiger partial charge is 0.394 e. The number of rotatable bonds is 5. The van der Waals surface area contributed by atoms with Crippen LogP contribution in [0, 0.1) is 0 Å². The lowest BCUT2D eigenvalue weighted by Crippen LogP contribution is -2.40. The SMILES string of the molecule is CN(C(=O)c1ccccc1)[C@H](CO)Cc1ccccc1. The van der Waals surface area contributed by atoms with Crippen molar-refractivity contribution in [3.8, 4) is 0 Å². The van der Waals surface area contributed by atoms with Crippen LogP contribution in [0.3, 0.4) is 0 Å². The molecule has 0 saturated carbocycles. The Morgan fingerprint density at radius 2 is 1.60 bits per heavy atom. The molecule has 2 aromatic carbocycles. The quantitative estimate of drug-likeness (QED) is 0.905. The van der Waals surface area contributed by atoms with Crippen LogP contribution in [0.15, 0.2) is 60.7 Å². The molecule has 0 heterocycles. The molecule has 1 amide bonds. The van der Waals surface area contributed by atoms with Crippen LogP contribution in [0.1, 0.15) is 15.9 Å². The highest BCUT2D eigenvalue weighted by molar-refractivity contribution is 5.94. The number of likely N-dealkylation sites (N-methyl/N-ethyl adjacent to an activating group) is 1. The molecule has 2 aromatic rings. The first-order chi connectivity index (χ1) is 9.72. The van der Waals surface area contributed by atoms with Crippen molar-refractivity contribution in [1.82, 2.24) is 4.90 Å². The molecule has 3 nitrogen and oxygen atoms in total. The minimum Gasteiger partial charge on any atom is -0.394 e. The Balaban J connectivity index is 2.09. The zero-order chi connectivity index (χ0) is 14.4. The monoisotopic (exact) mass is 269 g/mol. The lowest BCUT2D eigenvalue weighted by molar-refractivity contribution is 0.0660. The Bertz CT molecular complexity index is 539. The molecule has 0 radical (unpaired) electrons. The molecule has 3 heteroatoms. The highest BCUT2D eigenvalue weighted by atomic mass is 16.3. The summed E-state index contributed by atoms with van der Waals surface area (Å²) in [5.41, 5.74) is 1.75. The van der Waals surface area contributed by atoms with Gasteiger partial charge in [0.15, 0.2) is 0 Å². The summed E-state index contributed by atoms with van der Waals surface area (Å²) in [7, 11) is 1.74. The summed E-state index contributed by atoms with van der Waals surface area (Å²) < 4.78 is 0. The van der Waals surface area contributed by atoms with Gasteiger partial charge in [-0.25, -0.2) is 0 Å². The molecule has 0 spiro atoms. The first-order valence-corrected chi connectivity index (χ1v) is 6.69. The van der Waals surface area contributed by atoms with Crippen molar-refractivity contribution in [3.05, 3.63) is 71.8 Å². The fraction of sp³-hybridized carbons (Fsp3) is 0.235. The van der Waals surface area contributed by atoms with Crippen LogP contribution in [0.25, 0.3) is 0 Å². The van der Waals surface area contributed by atoms with Gasteiger partial charge in [0.05, 0.1) is 12.6 Å². The van der Waals surface area contributed by atoms with Gasteiger partial charge in [-0.2, -0.15) is 0 Å². The predicted octanol–water partition coefficient (Wildman–Crippen LogP) is 2.36. The van der Waals surface area contributed by atoms with Gasteiger partial charge in [-0.1, -0.05) is 48.5 Å². The third-order valence-corrected chi connectivity index (χ3v) is 3.41. The van der Waals surface area contributed by atoms with Crippen LogP contribution >= 0.6 is 0 Å². The number of carbonyl (C=O) groups is 1. The molecule has 20 heavy (non-hydrogen) atoms. The summed E-state index contributed by atoms with van der Waals surface area (Å²) in [4.78, 5) is 14.0. The molecule has 104 valence electrons. The van der Waals surface area contributed by atoms with Crippen LogP contribution < -0.4 is 0 Å². The summed E-state index contributed by atoms with van der Waals surface area (Å²) >= 11 is 0. The van der Waals surface area contributed by atoms with E-state index in [1.165, 1.54) is 0 Å². The van der Waals surface area contributed by atoms with Crippen LogP contribution in [-0.2, 0) is 6.42 Å². The molecule has 0 saturated heterocycles. The highest BCUT2D eigenvalue weighted by Crippen LogP contribution is 2.11. The predicted molar refractivity (Wildman–Crippen MR) is 79.6 cm³/mol. The van der Waals surface area contributed by atoms with Gasteiger partial charge in [0.1, 0.15) is 0 Å². The molecule has 0 bridgehead atoms. The maximum Gasteiger partial charge on any atom is 0.253 e. The minimum absolute atomic E-state index is 0.0516. The number of aliphatic hydroxyl groups excluding tert-OH is 1. The van der Waals surface area contributed by atoms with Gasteiger partial charge in [-0.3, -0.25) is 4.79 Å². The summed E-state index contributed by atoms with van der Waals surface area (Å²) in [6.45, 7) is -0.0516. The summed E-state index contributed by atoms with van der Waals surface area (Å²) in [5, 5.41) is 9.56. The second kappa shape index (κ2) is 6.87. The smallest absolute Gasteiger partial charge is 0.253 e. The topological polar surface area (TPSA) is 40.5 Å². The molecule has 0 unspecified atom stereocenters. The Kier molecular flexibility index (Phi) is 4.91. The van der Waals surface area contributed by atoms with Gasteiger partial charge in [-0.15, -0.1) is 0 Å². The standard InChI is InChI=1S/C17H19NO2/c1-18(17(20)15-10-6-3-7-11-15)16(13-19)12-14-8-4-2-5-9-14/h2-11,16,19H,12-13H2,1H3/t16-/m0/s1. The second-order valence-electron chi connectivity index (χ2n) is 4.81. The van der Waals surface area contributed by atoms with E-state index in [9.17, 15) is 9.90 Å². The fourth-order valence-electron chi connectivity index (χ4n) is 2.16. The van der Waals surface area contributed by atoms with E-state index in [4.69, 9.17) is 0 Å². The lowest BCUT2D eigenvalue weighted by atomic mass is 10.0. The van der Waals surface area contributed by atoms with Crippen molar-refractivity contribution in [2.75, 3.05) is 13.7 Å². The second-order valence-corrected chi connectivity index (χ2v) is 4.81. The van der Waals surface area contributed by atoms with Crippen LogP contribution in [-0.4, -0.2) is 35.6 Å². The van der Waals surface area contributed by atoms with Crippen LogP contribution in [0.4, 0.5) is 0 Å². The molecule has 0 fully saturated rings. The summed E-state index contributed by atoms with van der Waals surface area (Å²) in [5.74, 6) is -0.0689. The Hall–Kier alpha value is -2.13. The molecule has 0 aromatic heterocycles. The van der Waals surface area contributed by atoms with E-state index >= 15 is 0 Å². The van der Waals surface area contributed by atoms with Gasteiger partial charge >= 0.3 is 0 Å². The normalized spacial score (nSPS) is 11.9.